The number of carbonyl (C=O) groups excluding carboxylic acids is 1. The van der Waals surface area contributed by atoms with Gasteiger partial charge in [0.1, 0.15) is 5.75 Å². The molecule has 6 heteroatoms. The van der Waals surface area contributed by atoms with E-state index in [1.165, 1.54) is 93.9 Å². The Hall–Kier alpha value is -2.37. The largest absolute Gasteiger partial charge is 0.492 e. The summed E-state index contributed by atoms with van der Waals surface area (Å²) in [5.41, 5.74) is 5.33. The third-order valence-electron chi connectivity index (χ3n) is 8.06. The summed E-state index contributed by atoms with van der Waals surface area (Å²) < 4.78 is 8.18. The molecule has 0 spiro atoms. The van der Waals surface area contributed by atoms with Gasteiger partial charge < -0.3 is 9.64 Å². The minimum Gasteiger partial charge on any atom is -0.492 e. The van der Waals surface area contributed by atoms with Crippen LogP contribution in [-0.4, -0.2) is 19.1 Å². The van der Waals surface area contributed by atoms with E-state index in [4.69, 9.17) is 16.3 Å². The monoisotopic (exact) mass is 625 g/mol. The molecule has 3 aromatic rings. The number of anilines is 1. The zero-order valence-corrected chi connectivity index (χ0v) is 28.5. The summed E-state index contributed by atoms with van der Waals surface area (Å²) in [4.78, 5) is 15.7. The average Bonchev–Trinajstić information content (AvgIpc) is 3.40. The molecule has 2 aromatic carbocycles. The number of carbonyl (C=O) groups is 1. The van der Waals surface area contributed by atoms with E-state index >= 15 is 0 Å². The van der Waals surface area contributed by atoms with Gasteiger partial charge in [-0.3, -0.25) is 4.79 Å². The van der Waals surface area contributed by atoms with Crippen LogP contribution in [-0.2, 0) is 17.8 Å². The van der Waals surface area contributed by atoms with Gasteiger partial charge in [0.2, 0.25) is 11.4 Å². The summed E-state index contributed by atoms with van der Waals surface area (Å²) in [5, 5.41) is 0.641. The number of thiazole rings is 1. The predicted octanol–water partition coefficient (Wildman–Crippen LogP) is 10.5. The van der Waals surface area contributed by atoms with Crippen molar-refractivity contribution in [3.8, 4) is 5.75 Å². The molecule has 0 aliphatic heterocycles. The number of ether oxygens (including phenoxy) is 1. The Morgan fingerprint density at radius 1 is 0.860 bits per heavy atom. The van der Waals surface area contributed by atoms with Crippen molar-refractivity contribution in [2.24, 2.45) is 0 Å². The lowest BCUT2D eigenvalue weighted by Gasteiger charge is -2.22. The lowest BCUT2D eigenvalue weighted by molar-refractivity contribution is -0.683. The first-order chi connectivity index (χ1) is 21.0. The normalized spacial score (nSPS) is 11.2. The van der Waals surface area contributed by atoms with Gasteiger partial charge in [-0.2, -0.15) is 4.57 Å². The van der Waals surface area contributed by atoms with Crippen LogP contribution in [0.2, 0.25) is 5.02 Å². The van der Waals surface area contributed by atoms with Crippen LogP contribution in [0.4, 0.5) is 5.69 Å². The van der Waals surface area contributed by atoms with Crippen molar-refractivity contribution in [3.05, 3.63) is 75.2 Å². The molecule has 43 heavy (non-hydrogen) atoms. The summed E-state index contributed by atoms with van der Waals surface area (Å²) >= 11 is 8.32. The second-order valence-electron chi connectivity index (χ2n) is 11.9. The summed E-state index contributed by atoms with van der Waals surface area (Å²) in [7, 11) is 0. The topological polar surface area (TPSA) is 33.4 Å². The van der Waals surface area contributed by atoms with E-state index < -0.39 is 0 Å². The van der Waals surface area contributed by atoms with Gasteiger partial charge in [0.25, 0.3) is 0 Å². The molecule has 0 saturated carbocycles. The molecule has 1 aromatic heterocycles. The number of hydrogen-bond donors (Lipinski definition) is 0. The molecule has 0 N–H and O–H groups in total. The number of benzene rings is 2. The van der Waals surface area contributed by atoms with Crippen LogP contribution in [0.5, 0.6) is 5.75 Å². The van der Waals surface area contributed by atoms with Gasteiger partial charge in [0.05, 0.1) is 16.5 Å². The second-order valence-corrected chi connectivity index (χ2v) is 13.4. The van der Waals surface area contributed by atoms with Crippen LogP contribution < -0.4 is 14.2 Å². The molecule has 4 nitrogen and oxygen atoms in total. The molecule has 0 aliphatic carbocycles. The Balaban J connectivity index is 1.32. The van der Waals surface area contributed by atoms with Gasteiger partial charge >= 0.3 is 0 Å². The third kappa shape index (κ3) is 13.9. The van der Waals surface area contributed by atoms with Gasteiger partial charge in [-0.1, -0.05) is 132 Å². The van der Waals surface area contributed by atoms with E-state index in [-0.39, 0.29) is 5.91 Å². The SMILES string of the molecule is CCCCCCCCCCCCCCCCOc1ccc(CCN(C(C)=O)c2cccc(C[n+]3csc(C)c3)c2)cc1Cl. The highest BCUT2D eigenvalue weighted by molar-refractivity contribution is 7.09. The van der Waals surface area contributed by atoms with Crippen molar-refractivity contribution >= 4 is 34.5 Å². The molecule has 236 valence electrons. The molecule has 0 unspecified atom stereocenters. The molecule has 1 amide bonds. The van der Waals surface area contributed by atoms with Crippen LogP contribution in [0.3, 0.4) is 0 Å². The van der Waals surface area contributed by atoms with E-state index in [0.717, 1.165) is 36.4 Å². The van der Waals surface area contributed by atoms with Crippen LogP contribution in [0.15, 0.2) is 54.2 Å². The highest BCUT2D eigenvalue weighted by Crippen LogP contribution is 2.27. The fourth-order valence-corrected chi connectivity index (χ4v) is 6.46. The summed E-state index contributed by atoms with van der Waals surface area (Å²) in [6, 6.07) is 14.3. The third-order valence-corrected chi connectivity index (χ3v) is 9.21. The van der Waals surface area contributed by atoms with Crippen LogP contribution in [0.1, 0.15) is 120 Å². The number of hydrogen-bond acceptors (Lipinski definition) is 3. The number of halogens is 1. The first-order valence-electron chi connectivity index (χ1n) is 16.7. The Morgan fingerprint density at radius 2 is 1.51 bits per heavy atom. The molecule has 0 radical (unpaired) electrons. The molecule has 0 fully saturated rings. The smallest absolute Gasteiger partial charge is 0.225 e. The lowest BCUT2D eigenvalue weighted by atomic mass is 10.0. The Kier molecular flexibility index (Phi) is 16.8. The Labute approximate surface area is 270 Å². The van der Waals surface area contributed by atoms with E-state index in [1.54, 1.807) is 18.3 Å². The Morgan fingerprint density at radius 3 is 2.09 bits per heavy atom. The standard InChI is InChI=1S/C37H54ClN2O2S/c1-4-5-6-7-8-9-10-11-12-13-14-15-16-17-25-42-37-22-21-33(27-36(37)38)23-24-40(32(3)41)35-20-18-19-34(26-35)29-39-28-31(2)43-30-39/h18-22,26-28,30H,4-17,23-25,29H2,1-3H3/q+1. The molecule has 0 saturated heterocycles. The van der Waals surface area contributed by atoms with Crippen LogP contribution in [0, 0.1) is 6.92 Å². The fourth-order valence-electron chi connectivity index (χ4n) is 5.57. The van der Waals surface area contributed by atoms with E-state index in [0.29, 0.717) is 18.2 Å². The van der Waals surface area contributed by atoms with Gasteiger partial charge in [0, 0.05) is 24.7 Å². The van der Waals surface area contributed by atoms with Gasteiger partial charge in [-0.15, -0.1) is 0 Å². The van der Waals surface area contributed by atoms with Crippen molar-refractivity contribution in [2.45, 2.75) is 124 Å². The van der Waals surface area contributed by atoms with Gasteiger partial charge in [-0.05, 0) is 49.6 Å². The van der Waals surface area contributed by atoms with Crippen molar-refractivity contribution in [2.75, 3.05) is 18.1 Å². The van der Waals surface area contributed by atoms with E-state index in [2.05, 4.69) is 48.3 Å². The maximum atomic E-state index is 12.6. The maximum absolute atomic E-state index is 12.6. The van der Waals surface area contributed by atoms with Gasteiger partial charge in [-0.25, -0.2) is 0 Å². The summed E-state index contributed by atoms with van der Waals surface area (Å²) in [6.45, 7) is 8.12. The molecule has 3 rings (SSSR count). The quantitative estimate of drug-likeness (QED) is 0.0822. The maximum Gasteiger partial charge on any atom is 0.225 e. The molecule has 0 bridgehead atoms. The first kappa shape index (κ1) is 35.1. The van der Waals surface area contributed by atoms with E-state index in [1.807, 2.05) is 29.2 Å². The predicted molar refractivity (Wildman–Crippen MR) is 184 cm³/mol. The zero-order chi connectivity index (χ0) is 30.7. The molecule has 0 aliphatic rings. The lowest BCUT2D eigenvalue weighted by Crippen LogP contribution is -2.32. The number of aryl methyl sites for hydroxylation is 1. The van der Waals surface area contributed by atoms with Gasteiger partial charge in [0.15, 0.2) is 12.7 Å². The number of aromatic nitrogens is 1. The van der Waals surface area contributed by atoms with E-state index in [9.17, 15) is 4.79 Å². The second kappa shape index (κ2) is 20.6. The minimum atomic E-state index is 0.0374. The average molecular weight is 626 g/mol. The summed E-state index contributed by atoms with van der Waals surface area (Å²) in [6.07, 6.45) is 21.8. The van der Waals surface area contributed by atoms with Crippen LogP contribution in [0.25, 0.3) is 0 Å². The Bertz CT molecular complexity index is 1210. The van der Waals surface area contributed by atoms with Crippen molar-refractivity contribution in [3.63, 3.8) is 0 Å². The zero-order valence-electron chi connectivity index (χ0n) is 26.9. The molecule has 0 atom stereocenters. The highest BCUT2D eigenvalue weighted by Gasteiger charge is 2.14. The minimum absolute atomic E-state index is 0.0374. The molecular formula is C37H54ClN2O2S+. The number of amides is 1. The number of nitrogens with zero attached hydrogens (tertiary/aromatic N) is 2. The van der Waals surface area contributed by atoms with Crippen molar-refractivity contribution in [1.29, 1.82) is 0 Å². The molecular weight excluding hydrogens is 572 g/mol. The van der Waals surface area contributed by atoms with Crippen molar-refractivity contribution in [1.82, 2.24) is 0 Å². The molecule has 1 heterocycles. The summed E-state index contributed by atoms with van der Waals surface area (Å²) in [5.74, 6) is 0.785. The van der Waals surface area contributed by atoms with Crippen molar-refractivity contribution < 1.29 is 14.1 Å². The first-order valence-corrected chi connectivity index (χ1v) is 17.9. The fraction of sp³-hybridized carbons (Fsp3) is 0.568. The highest BCUT2D eigenvalue weighted by atomic mass is 35.5. The number of unbranched alkanes of at least 4 members (excludes halogenated alkanes) is 13. The number of rotatable bonds is 22. The van der Waals surface area contributed by atoms with Crippen LogP contribution >= 0.6 is 22.9 Å².